The Morgan fingerprint density at radius 3 is 2.42 bits per heavy atom. The van der Waals surface area contributed by atoms with Crippen LogP contribution in [0.5, 0.6) is 0 Å². The number of carbonyl (C=O) groups is 1. The summed E-state index contributed by atoms with van der Waals surface area (Å²) in [5.74, 6) is -0.522. The average Bonchev–Trinajstić information content (AvgIpc) is 1.84. The Kier molecular flexibility index (Phi) is 4.84. The van der Waals surface area contributed by atoms with Crippen molar-refractivity contribution in [1.29, 1.82) is 0 Å². The van der Waals surface area contributed by atoms with Crippen molar-refractivity contribution in [1.82, 2.24) is 10.0 Å². The molecule has 12 heavy (non-hydrogen) atoms. The number of carbonyl (C=O) groups excluding carboxylic acids is 1. The van der Waals surface area contributed by atoms with Gasteiger partial charge in [0.15, 0.2) is 0 Å². The molecule has 72 valence electrons. The molecule has 6 heteroatoms. The Hall–Kier alpha value is -0.620. The Bertz CT molecular complexity index is 235. The van der Waals surface area contributed by atoms with Crippen LogP contribution in [-0.4, -0.2) is 33.7 Å². The van der Waals surface area contributed by atoms with Crippen molar-refractivity contribution in [3.8, 4) is 0 Å². The molecule has 2 N–H and O–H groups in total. The highest BCUT2D eigenvalue weighted by molar-refractivity contribution is 7.89. The molecule has 0 saturated carbocycles. The third kappa shape index (κ3) is 7.49. The maximum atomic E-state index is 10.8. The minimum Gasteiger partial charge on any atom is -0.308 e. The second-order valence-electron chi connectivity index (χ2n) is 2.47. The molecule has 0 fully saturated rings. The van der Waals surface area contributed by atoms with E-state index in [0.29, 0.717) is 6.54 Å². The van der Waals surface area contributed by atoms with Crippen LogP contribution >= 0.6 is 0 Å². The topological polar surface area (TPSA) is 75.3 Å². The molecule has 0 atom stereocenters. The summed E-state index contributed by atoms with van der Waals surface area (Å²) in [5, 5.41) is 2.78. The van der Waals surface area contributed by atoms with E-state index in [1.807, 2.05) is 11.6 Å². The zero-order valence-corrected chi connectivity index (χ0v) is 8.07. The molecule has 0 rings (SSSR count). The van der Waals surface area contributed by atoms with E-state index < -0.39 is 15.9 Å². The van der Waals surface area contributed by atoms with Crippen LogP contribution < -0.4 is 10.0 Å². The first-order valence-electron chi connectivity index (χ1n) is 3.67. The highest BCUT2D eigenvalue weighted by Crippen LogP contribution is 1.74. The van der Waals surface area contributed by atoms with Gasteiger partial charge in [0.1, 0.15) is 0 Å². The van der Waals surface area contributed by atoms with E-state index in [9.17, 15) is 13.2 Å². The molecule has 5 nitrogen and oxygen atoms in total. The Morgan fingerprint density at radius 2 is 2.00 bits per heavy atom. The molecular weight excluding hydrogens is 180 g/mol. The highest BCUT2D eigenvalue weighted by atomic mass is 32.2. The van der Waals surface area contributed by atoms with Gasteiger partial charge in [-0.1, -0.05) is 6.92 Å². The Morgan fingerprint density at radius 1 is 1.42 bits per heavy atom. The first-order valence-corrected chi connectivity index (χ1v) is 5.56. The van der Waals surface area contributed by atoms with Gasteiger partial charge >= 0.3 is 0 Å². The largest absolute Gasteiger partial charge is 0.308 e. The molecule has 0 aromatic carbocycles. The number of nitrogens with one attached hydrogen (secondary N) is 2. The van der Waals surface area contributed by atoms with Gasteiger partial charge in [0.2, 0.25) is 15.9 Å². The van der Waals surface area contributed by atoms with Crippen LogP contribution in [-0.2, 0) is 14.8 Å². The quantitative estimate of drug-likeness (QED) is 0.554. The predicted octanol–water partition coefficient (Wildman–Crippen LogP) is -0.938. The second kappa shape index (κ2) is 5.10. The highest BCUT2D eigenvalue weighted by Gasteiger charge is 2.06. The lowest BCUT2D eigenvalue weighted by molar-refractivity contribution is -0.118. The van der Waals surface area contributed by atoms with E-state index in [1.165, 1.54) is 0 Å². The van der Waals surface area contributed by atoms with Gasteiger partial charge in [0, 0.05) is 0 Å². The van der Waals surface area contributed by atoms with Gasteiger partial charge in [-0.2, -0.15) is 0 Å². The molecule has 0 radical (unpaired) electrons. The van der Waals surface area contributed by atoms with E-state index in [2.05, 4.69) is 5.32 Å². The smallest absolute Gasteiger partial charge is 0.247 e. The van der Waals surface area contributed by atoms with E-state index in [-0.39, 0.29) is 6.54 Å². The first kappa shape index (κ1) is 11.4. The van der Waals surface area contributed by atoms with Gasteiger partial charge in [-0.25, -0.2) is 8.42 Å². The lowest BCUT2D eigenvalue weighted by Gasteiger charge is -2.02. The van der Waals surface area contributed by atoms with Crippen molar-refractivity contribution in [3.63, 3.8) is 0 Å². The van der Waals surface area contributed by atoms with Crippen molar-refractivity contribution in [2.45, 2.75) is 13.3 Å². The molecule has 0 spiro atoms. The summed E-state index contributed by atoms with van der Waals surface area (Å²) in [6.07, 6.45) is 1.86. The van der Waals surface area contributed by atoms with E-state index >= 15 is 0 Å². The zero-order valence-electron chi connectivity index (χ0n) is 7.25. The molecular formula is C6H14N2O3S. The van der Waals surface area contributed by atoms with Gasteiger partial charge < -0.3 is 5.32 Å². The van der Waals surface area contributed by atoms with Crippen LogP contribution in [0, 0.1) is 0 Å². The summed E-state index contributed by atoms with van der Waals surface area (Å²) in [6.45, 7) is 2.71. The zero-order chi connectivity index (χ0) is 9.61. The third-order valence-electron chi connectivity index (χ3n) is 1.01. The molecule has 1 amide bonds. The monoisotopic (exact) mass is 194 g/mol. The lowest BCUT2D eigenvalue weighted by Crippen LogP contribution is -2.37. The van der Waals surface area contributed by atoms with Crippen LogP contribution in [0.4, 0.5) is 0 Å². The summed E-state index contributed by atoms with van der Waals surface area (Å²) in [4.78, 5) is 10.8. The standard InChI is InChI=1S/C6H14N2O3S/c1-3-4-7-5-6(9)8-12(2,10)11/h7H,3-5H2,1-2H3,(H,8,9). The van der Waals surface area contributed by atoms with Crippen molar-refractivity contribution in [3.05, 3.63) is 0 Å². The van der Waals surface area contributed by atoms with Crippen LogP contribution in [0.15, 0.2) is 0 Å². The van der Waals surface area contributed by atoms with Crippen LogP contribution in [0.25, 0.3) is 0 Å². The van der Waals surface area contributed by atoms with Gasteiger partial charge in [-0.15, -0.1) is 0 Å². The fourth-order valence-electron chi connectivity index (χ4n) is 0.622. The normalized spacial score (nSPS) is 11.2. The van der Waals surface area contributed by atoms with E-state index in [1.54, 1.807) is 0 Å². The first-order chi connectivity index (χ1) is 5.45. The van der Waals surface area contributed by atoms with Crippen molar-refractivity contribution in [2.75, 3.05) is 19.3 Å². The molecule has 0 aromatic rings. The summed E-state index contributed by atoms with van der Waals surface area (Å²) < 4.78 is 22.9. The summed E-state index contributed by atoms with van der Waals surface area (Å²) in [7, 11) is -3.40. The number of hydrogen-bond donors (Lipinski definition) is 2. The summed E-state index contributed by atoms with van der Waals surface area (Å²) in [6, 6.07) is 0. The van der Waals surface area contributed by atoms with E-state index in [4.69, 9.17) is 0 Å². The van der Waals surface area contributed by atoms with Crippen molar-refractivity contribution in [2.24, 2.45) is 0 Å². The number of rotatable bonds is 5. The Balaban J connectivity index is 3.62. The van der Waals surface area contributed by atoms with Crippen molar-refractivity contribution < 1.29 is 13.2 Å². The average molecular weight is 194 g/mol. The van der Waals surface area contributed by atoms with Crippen LogP contribution in [0.2, 0.25) is 0 Å². The molecule has 0 aliphatic heterocycles. The fourth-order valence-corrected chi connectivity index (χ4v) is 1.11. The molecule has 0 unspecified atom stereocenters. The number of hydrogen-bond acceptors (Lipinski definition) is 4. The predicted molar refractivity (Wildman–Crippen MR) is 46.1 cm³/mol. The molecule has 0 saturated heterocycles. The van der Waals surface area contributed by atoms with Gasteiger partial charge in [0.25, 0.3) is 0 Å². The summed E-state index contributed by atoms with van der Waals surface area (Å²) in [5.41, 5.74) is 0. The van der Waals surface area contributed by atoms with Crippen LogP contribution in [0.3, 0.4) is 0 Å². The van der Waals surface area contributed by atoms with E-state index in [0.717, 1.165) is 12.7 Å². The minimum absolute atomic E-state index is 0.0426. The number of amides is 1. The molecule has 0 bridgehead atoms. The van der Waals surface area contributed by atoms with Gasteiger partial charge in [-0.3, -0.25) is 9.52 Å². The third-order valence-corrected chi connectivity index (χ3v) is 1.61. The van der Waals surface area contributed by atoms with Crippen molar-refractivity contribution >= 4 is 15.9 Å². The SMILES string of the molecule is CCCNCC(=O)NS(C)(=O)=O. The maximum absolute atomic E-state index is 10.8. The summed E-state index contributed by atoms with van der Waals surface area (Å²) >= 11 is 0. The van der Waals surface area contributed by atoms with Gasteiger partial charge in [0.05, 0.1) is 12.8 Å². The maximum Gasteiger partial charge on any atom is 0.247 e. The number of sulfonamides is 1. The minimum atomic E-state index is -3.40. The molecule has 0 aliphatic rings. The Labute approximate surface area is 72.6 Å². The molecule has 0 heterocycles. The fraction of sp³-hybridized carbons (Fsp3) is 0.833. The van der Waals surface area contributed by atoms with Crippen LogP contribution in [0.1, 0.15) is 13.3 Å². The second-order valence-corrected chi connectivity index (χ2v) is 4.22. The molecule has 0 aromatic heterocycles. The van der Waals surface area contributed by atoms with Gasteiger partial charge in [-0.05, 0) is 13.0 Å². The molecule has 0 aliphatic carbocycles. The lowest BCUT2D eigenvalue weighted by atomic mass is 10.5.